The Bertz CT molecular complexity index is 1330. The lowest BCUT2D eigenvalue weighted by molar-refractivity contribution is 0.427. The standard InChI is InChI=1S/C27H26N2O3S/c1-21-26(14-9-19-29(33(2,30)31)20-22-10-5-3-6-11-22)27(32-28-21)25-17-15-24(16-18-25)23-12-7-4-8-13-23/h3-18H,19-20H2,1-2H3. The van der Waals surface area contributed by atoms with Crippen LogP contribution in [0.25, 0.3) is 28.5 Å². The van der Waals surface area contributed by atoms with Crippen molar-refractivity contribution in [2.75, 3.05) is 12.8 Å². The van der Waals surface area contributed by atoms with Crippen molar-refractivity contribution in [3.05, 3.63) is 108 Å². The molecule has 4 aromatic rings. The van der Waals surface area contributed by atoms with Crippen LogP contribution >= 0.6 is 0 Å². The first kappa shape index (κ1) is 22.7. The molecule has 0 amide bonds. The molecule has 0 aliphatic rings. The molecule has 4 rings (SSSR count). The van der Waals surface area contributed by atoms with Gasteiger partial charge in [-0.1, -0.05) is 102 Å². The van der Waals surface area contributed by atoms with Crippen molar-refractivity contribution in [2.45, 2.75) is 13.5 Å². The summed E-state index contributed by atoms with van der Waals surface area (Å²) in [6.07, 6.45) is 4.95. The Labute approximate surface area is 195 Å². The number of rotatable bonds is 8. The zero-order valence-corrected chi connectivity index (χ0v) is 19.5. The summed E-state index contributed by atoms with van der Waals surface area (Å²) in [5, 5.41) is 4.13. The van der Waals surface area contributed by atoms with Crippen LogP contribution < -0.4 is 0 Å². The summed E-state index contributed by atoms with van der Waals surface area (Å²) in [7, 11) is -3.36. The van der Waals surface area contributed by atoms with Crippen LogP contribution in [0.3, 0.4) is 0 Å². The summed E-state index contributed by atoms with van der Waals surface area (Å²) in [5.74, 6) is 0.664. The normalized spacial score (nSPS) is 12.0. The van der Waals surface area contributed by atoms with E-state index in [4.69, 9.17) is 4.52 Å². The molecule has 0 saturated carbocycles. The second kappa shape index (κ2) is 9.98. The van der Waals surface area contributed by atoms with Gasteiger partial charge in [-0.15, -0.1) is 0 Å². The molecule has 0 spiro atoms. The lowest BCUT2D eigenvalue weighted by Gasteiger charge is -2.18. The first-order valence-corrected chi connectivity index (χ1v) is 12.5. The Hall–Kier alpha value is -3.48. The summed E-state index contributed by atoms with van der Waals surface area (Å²) in [6.45, 7) is 2.45. The van der Waals surface area contributed by atoms with Crippen LogP contribution in [0.15, 0.2) is 95.5 Å². The molecule has 1 heterocycles. The monoisotopic (exact) mass is 458 g/mol. The molecule has 6 heteroatoms. The third kappa shape index (κ3) is 5.66. The van der Waals surface area contributed by atoms with Crippen LogP contribution in [0.1, 0.15) is 16.8 Å². The number of hydrogen-bond acceptors (Lipinski definition) is 4. The van der Waals surface area contributed by atoms with E-state index >= 15 is 0 Å². The van der Waals surface area contributed by atoms with Gasteiger partial charge in [0.2, 0.25) is 10.0 Å². The zero-order valence-electron chi connectivity index (χ0n) is 18.7. The molecule has 168 valence electrons. The average molecular weight is 459 g/mol. The van der Waals surface area contributed by atoms with E-state index < -0.39 is 10.0 Å². The molecule has 33 heavy (non-hydrogen) atoms. The molecule has 0 bridgehead atoms. The van der Waals surface area contributed by atoms with Crippen molar-refractivity contribution < 1.29 is 12.9 Å². The zero-order chi connectivity index (χ0) is 23.3. The maximum absolute atomic E-state index is 12.3. The predicted octanol–water partition coefficient (Wildman–Crippen LogP) is 5.79. The molecule has 0 aliphatic heterocycles. The minimum absolute atomic E-state index is 0.255. The SMILES string of the molecule is Cc1noc(-c2ccc(-c3ccccc3)cc2)c1C=CCN(Cc1ccccc1)S(C)(=O)=O. The first-order valence-electron chi connectivity index (χ1n) is 10.7. The molecule has 0 N–H and O–H groups in total. The average Bonchev–Trinajstić information content (AvgIpc) is 3.19. The van der Waals surface area contributed by atoms with Crippen molar-refractivity contribution in [3.8, 4) is 22.5 Å². The summed E-state index contributed by atoms with van der Waals surface area (Å²) in [5.41, 5.74) is 5.73. The topological polar surface area (TPSA) is 63.4 Å². The maximum atomic E-state index is 12.3. The van der Waals surface area contributed by atoms with Gasteiger partial charge >= 0.3 is 0 Å². The lowest BCUT2D eigenvalue weighted by atomic mass is 10.0. The first-order chi connectivity index (χ1) is 15.9. The number of aryl methyl sites for hydroxylation is 1. The smallest absolute Gasteiger partial charge is 0.211 e. The third-order valence-electron chi connectivity index (χ3n) is 5.43. The van der Waals surface area contributed by atoms with Crippen molar-refractivity contribution in [1.29, 1.82) is 0 Å². The molecular weight excluding hydrogens is 432 g/mol. The van der Waals surface area contributed by atoms with Gasteiger partial charge in [-0.3, -0.25) is 0 Å². The maximum Gasteiger partial charge on any atom is 0.211 e. The van der Waals surface area contributed by atoms with E-state index in [0.717, 1.165) is 33.5 Å². The van der Waals surface area contributed by atoms with E-state index in [2.05, 4.69) is 29.4 Å². The van der Waals surface area contributed by atoms with Gasteiger partial charge in [0.1, 0.15) is 0 Å². The van der Waals surface area contributed by atoms with Crippen molar-refractivity contribution in [3.63, 3.8) is 0 Å². The highest BCUT2D eigenvalue weighted by Crippen LogP contribution is 2.29. The molecule has 0 unspecified atom stereocenters. The lowest BCUT2D eigenvalue weighted by Crippen LogP contribution is -2.29. The molecule has 0 saturated heterocycles. The minimum atomic E-state index is -3.36. The fourth-order valence-electron chi connectivity index (χ4n) is 3.62. The van der Waals surface area contributed by atoms with Crippen LogP contribution in [0.4, 0.5) is 0 Å². The number of benzene rings is 3. The van der Waals surface area contributed by atoms with Crippen molar-refractivity contribution in [1.82, 2.24) is 9.46 Å². The Balaban J connectivity index is 1.54. The van der Waals surface area contributed by atoms with Gasteiger partial charge in [-0.2, -0.15) is 4.31 Å². The van der Waals surface area contributed by atoms with E-state index in [1.165, 1.54) is 10.6 Å². The Morgan fingerprint density at radius 1 is 0.848 bits per heavy atom. The van der Waals surface area contributed by atoms with E-state index in [1.807, 2.05) is 79.7 Å². The molecule has 0 atom stereocenters. The van der Waals surface area contributed by atoms with Gasteiger partial charge in [-0.05, 0) is 23.6 Å². The predicted molar refractivity (Wildman–Crippen MR) is 133 cm³/mol. The molecule has 0 aliphatic carbocycles. The van der Waals surface area contributed by atoms with Gasteiger partial charge < -0.3 is 4.52 Å². The molecule has 3 aromatic carbocycles. The van der Waals surface area contributed by atoms with Gasteiger partial charge in [0.25, 0.3) is 0 Å². The highest BCUT2D eigenvalue weighted by molar-refractivity contribution is 7.88. The van der Waals surface area contributed by atoms with Gasteiger partial charge in [0, 0.05) is 24.2 Å². The van der Waals surface area contributed by atoms with Crippen LogP contribution in [0, 0.1) is 6.92 Å². The molecule has 1 aromatic heterocycles. The molecule has 0 fully saturated rings. The third-order valence-corrected chi connectivity index (χ3v) is 6.64. The summed E-state index contributed by atoms with van der Waals surface area (Å²) < 4.78 is 31.6. The van der Waals surface area contributed by atoms with Gasteiger partial charge in [0.05, 0.1) is 11.9 Å². The second-order valence-electron chi connectivity index (χ2n) is 7.90. The fraction of sp³-hybridized carbons (Fsp3) is 0.148. The Morgan fingerprint density at radius 3 is 2.06 bits per heavy atom. The van der Waals surface area contributed by atoms with Crippen LogP contribution in [0.2, 0.25) is 0 Å². The minimum Gasteiger partial charge on any atom is -0.355 e. The molecule has 5 nitrogen and oxygen atoms in total. The quantitative estimate of drug-likeness (QED) is 0.335. The number of hydrogen-bond donors (Lipinski definition) is 0. The Morgan fingerprint density at radius 2 is 1.42 bits per heavy atom. The van der Waals surface area contributed by atoms with Crippen molar-refractivity contribution >= 4 is 16.1 Å². The van der Waals surface area contributed by atoms with E-state index in [1.54, 1.807) is 0 Å². The van der Waals surface area contributed by atoms with E-state index in [-0.39, 0.29) is 6.54 Å². The largest absolute Gasteiger partial charge is 0.355 e. The van der Waals surface area contributed by atoms with Crippen LogP contribution in [-0.2, 0) is 16.6 Å². The van der Waals surface area contributed by atoms with Crippen molar-refractivity contribution in [2.24, 2.45) is 0 Å². The van der Waals surface area contributed by atoms with Crippen LogP contribution in [0.5, 0.6) is 0 Å². The van der Waals surface area contributed by atoms with Gasteiger partial charge in [-0.25, -0.2) is 8.42 Å². The molecule has 0 radical (unpaired) electrons. The highest BCUT2D eigenvalue weighted by Gasteiger charge is 2.17. The Kier molecular flexibility index (Phi) is 6.87. The summed E-state index contributed by atoms with van der Waals surface area (Å²) >= 11 is 0. The number of aromatic nitrogens is 1. The number of sulfonamides is 1. The van der Waals surface area contributed by atoms with E-state index in [0.29, 0.717) is 12.3 Å². The molecular formula is C27H26N2O3S. The van der Waals surface area contributed by atoms with E-state index in [9.17, 15) is 8.42 Å². The highest BCUT2D eigenvalue weighted by atomic mass is 32.2. The second-order valence-corrected chi connectivity index (χ2v) is 9.88. The number of nitrogens with zero attached hydrogens (tertiary/aromatic N) is 2. The summed E-state index contributed by atoms with van der Waals surface area (Å²) in [6, 6.07) is 27.9. The fourth-order valence-corrected chi connectivity index (χ4v) is 4.36. The summed E-state index contributed by atoms with van der Waals surface area (Å²) in [4.78, 5) is 0. The van der Waals surface area contributed by atoms with Gasteiger partial charge in [0.15, 0.2) is 5.76 Å². The van der Waals surface area contributed by atoms with Crippen LogP contribution in [-0.4, -0.2) is 30.7 Å².